The molecule has 0 bridgehead atoms. The Morgan fingerprint density at radius 3 is 2.59 bits per heavy atom. The smallest absolute Gasteiger partial charge is 0.324 e. The number of hydrogen-bond donors (Lipinski definition) is 2. The van der Waals surface area contributed by atoms with Crippen molar-refractivity contribution in [3.63, 3.8) is 0 Å². The highest BCUT2D eigenvalue weighted by Gasteiger charge is 2.50. The number of carbonyl (C=O) groups is 3. The van der Waals surface area contributed by atoms with Crippen LogP contribution >= 0.6 is 23.2 Å². The molecule has 4 amide bonds. The molecule has 1 atom stereocenters. The van der Waals surface area contributed by atoms with E-state index in [9.17, 15) is 14.4 Å². The fourth-order valence-corrected chi connectivity index (χ4v) is 3.45. The van der Waals surface area contributed by atoms with E-state index in [0.717, 1.165) is 10.5 Å². The Labute approximate surface area is 166 Å². The van der Waals surface area contributed by atoms with Gasteiger partial charge in [-0.1, -0.05) is 47.5 Å². The number of halogens is 2. The molecule has 0 radical (unpaired) electrons. The first-order valence-electron chi connectivity index (χ1n) is 8.17. The topological polar surface area (TPSA) is 78.5 Å². The van der Waals surface area contributed by atoms with E-state index in [2.05, 4.69) is 10.6 Å². The first-order chi connectivity index (χ1) is 12.7. The third-order valence-corrected chi connectivity index (χ3v) is 5.03. The quantitative estimate of drug-likeness (QED) is 0.760. The largest absolute Gasteiger partial charge is 0.325 e. The lowest BCUT2D eigenvalue weighted by Crippen LogP contribution is -2.42. The molecule has 2 aromatic carbocycles. The number of aryl methyl sites for hydroxylation is 1. The van der Waals surface area contributed by atoms with E-state index in [1.165, 1.54) is 0 Å². The number of urea groups is 1. The Kier molecular flexibility index (Phi) is 5.13. The standard InChI is InChI=1S/C19H17Cl2N3O3/c1-11-7-8-12(20)9-15(11)22-16(25)10-24-17(26)19(2,23-18(24)27)13-5-3-4-6-14(13)21/h3-9H,10H2,1-2H3,(H,22,25)(H,23,27)/t19-/m0/s1. The van der Waals surface area contributed by atoms with Gasteiger partial charge in [0.15, 0.2) is 0 Å². The summed E-state index contributed by atoms with van der Waals surface area (Å²) >= 11 is 12.1. The van der Waals surface area contributed by atoms with Crippen LogP contribution < -0.4 is 10.6 Å². The van der Waals surface area contributed by atoms with Crippen LogP contribution in [0.3, 0.4) is 0 Å². The zero-order valence-corrected chi connectivity index (χ0v) is 16.2. The predicted octanol–water partition coefficient (Wildman–Crippen LogP) is 3.71. The van der Waals surface area contributed by atoms with Crippen molar-refractivity contribution in [2.24, 2.45) is 0 Å². The number of benzene rings is 2. The van der Waals surface area contributed by atoms with Crippen LogP contribution in [0.15, 0.2) is 42.5 Å². The van der Waals surface area contributed by atoms with Gasteiger partial charge in [0.25, 0.3) is 5.91 Å². The van der Waals surface area contributed by atoms with Gasteiger partial charge in [0.1, 0.15) is 12.1 Å². The van der Waals surface area contributed by atoms with Crippen molar-refractivity contribution in [3.8, 4) is 0 Å². The van der Waals surface area contributed by atoms with Crippen molar-refractivity contribution < 1.29 is 14.4 Å². The van der Waals surface area contributed by atoms with Gasteiger partial charge in [-0.15, -0.1) is 0 Å². The summed E-state index contributed by atoms with van der Waals surface area (Å²) in [7, 11) is 0. The third-order valence-electron chi connectivity index (χ3n) is 4.46. The van der Waals surface area contributed by atoms with Gasteiger partial charge in [0, 0.05) is 21.3 Å². The Bertz CT molecular complexity index is 948. The van der Waals surface area contributed by atoms with Gasteiger partial charge in [0.2, 0.25) is 5.91 Å². The van der Waals surface area contributed by atoms with Crippen molar-refractivity contribution in [2.45, 2.75) is 19.4 Å². The van der Waals surface area contributed by atoms with Gasteiger partial charge in [-0.3, -0.25) is 14.5 Å². The van der Waals surface area contributed by atoms with Crippen LogP contribution in [-0.2, 0) is 15.1 Å². The maximum atomic E-state index is 12.9. The molecule has 8 heteroatoms. The van der Waals surface area contributed by atoms with Crippen molar-refractivity contribution in [3.05, 3.63) is 63.6 Å². The average molecular weight is 406 g/mol. The summed E-state index contributed by atoms with van der Waals surface area (Å²) in [6.07, 6.45) is 0. The fraction of sp³-hybridized carbons (Fsp3) is 0.211. The van der Waals surface area contributed by atoms with Gasteiger partial charge < -0.3 is 10.6 Å². The summed E-state index contributed by atoms with van der Waals surface area (Å²) in [5.41, 5.74) is 0.472. The molecule has 1 fully saturated rings. The average Bonchev–Trinajstić information content (AvgIpc) is 2.82. The third kappa shape index (κ3) is 3.63. The van der Waals surface area contributed by atoms with E-state index in [0.29, 0.717) is 21.3 Å². The molecule has 6 nitrogen and oxygen atoms in total. The second kappa shape index (κ2) is 7.21. The zero-order chi connectivity index (χ0) is 19.8. The maximum Gasteiger partial charge on any atom is 0.325 e. The van der Waals surface area contributed by atoms with E-state index in [4.69, 9.17) is 23.2 Å². The normalized spacial score (nSPS) is 19.2. The first-order valence-corrected chi connectivity index (χ1v) is 8.93. The van der Waals surface area contributed by atoms with Crippen LogP contribution in [0.2, 0.25) is 10.0 Å². The Hall–Kier alpha value is -2.57. The lowest BCUT2D eigenvalue weighted by molar-refractivity contribution is -0.133. The molecule has 1 aliphatic rings. The van der Waals surface area contributed by atoms with E-state index in [-0.39, 0.29) is 0 Å². The van der Waals surface area contributed by atoms with Gasteiger partial charge in [0.05, 0.1) is 0 Å². The van der Waals surface area contributed by atoms with E-state index < -0.39 is 29.9 Å². The molecular weight excluding hydrogens is 389 g/mol. The minimum absolute atomic E-state index is 0.356. The number of rotatable bonds is 4. The highest BCUT2D eigenvalue weighted by molar-refractivity contribution is 6.32. The Balaban J connectivity index is 1.79. The minimum atomic E-state index is -1.33. The predicted molar refractivity (Wildman–Crippen MR) is 104 cm³/mol. The summed E-state index contributed by atoms with van der Waals surface area (Å²) in [6.45, 7) is 2.96. The highest BCUT2D eigenvalue weighted by Crippen LogP contribution is 2.33. The van der Waals surface area contributed by atoms with Crippen LogP contribution in [0.1, 0.15) is 18.1 Å². The molecule has 2 N–H and O–H groups in total. The molecule has 3 rings (SSSR count). The summed E-state index contributed by atoms with van der Waals surface area (Å²) in [5, 5.41) is 6.13. The first kappa shape index (κ1) is 19.2. The minimum Gasteiger partial charge on any atom is -0.324 e. The molecule has 1 heterocycles. The molecule has 0 aromatic heterocycles. The van der Waals surface area contributed by atoms with Gasteiger partial charge in [-0.25, -0.2) is 4.79 Å². The van der Waals surface area contributed by atoms with Gasteiger partial charge in [-0.2, -0.15) is 0 Å². The summed E-state index contributed by atoms with van der Waals surface area (Å²) < 4.78 is 0. The number of carbonyl (C=O) groups excluding carboxylic acids is 3. The molecule has 0 aliphatic carbocycles. The van der Waals surface area contributed by atoms with Crippen molar-refractivity contribution in [1.29, 1.82) is 0 Å². The number of anilines is 1. The fourth-order valence-electron chi connectivity index (χ4n) is 2.95. The van der Waals surface area contributed by atoms with Crippen LogP contribution in [0.4, 0.5) is 10.5 Å². The Morgan fingerprint density at radius 1 is 1.19 bits per heavy atom. The number of imide groups is 1. The van der Waals surface area contributed by atoms with Crippen LogP contribution in [0.5, 0.6) is 0 Å². The molecular formula is C19H17Cl2N3O3. The molecule has 0 spiro atoms. The molecule has 27 heavy (non-hydrogen) atoms. The van der Waals surface area contributed by atoms with E-state index in [1.807, 2.05) is 6.92 Å². The van der Waals surface area contributed by atoms with Crippen LogP contribution in [-0.4, -0.2) is 29.3 Å². The summed E-state index contributed by atoms with van der Waals surface area (Å²) in [6, 6.07) is 11.2. The van der Waals surface area contributed by atoms with Crippen molar-refractivity contribution in [2.75, 3.05) is 11.9 Å². The number of amides is 4. The second-order valence-corrected chi connectivity index (χ2v) is 7.28. The van der Waals surface area contributed by atoms with Crippen molar-refractivity contribution >= 4 is 46.7 Å². The van der Waals surface area contributed by atoms with Crippen LogP contribution in [0, 0.1) is 6.92 Å². The number of nitrogens with zero attached hydrogens (tertiary/aromatic N) is 1. The summed E-state index contributed by atoms with van der Waals surface area (Å²) in [4.78, 5) is 38.5. The van der Waals surface area contributed by atoms with Crippen molar-refractivity contribution in [1.82, 2.24) is 10.2 Å². The highest BCUT2D eigenvalue weighted by atomic mass is 35.5. The molecule has 0 saturated carbocycles. The molecule has 140 valence electrons. The molecule has 0 unspecified atom stereocenters. The SMILES string of the molecule is Cc1ccc(Cl)cc1NC(=O)CN1C(=O)N[C@@](C)(c2ccccc2Cl)C1=O. The monoisotopic (exact) mass is 405 g/mol. The lowest BCUT2D eigenvalue weighted by Gasteiger charge is -2.23. The van der Waals surface area contributed by atoms with Crippen LogP contribution in [0.25, 0.3) is 0 Å². The molecule has 1 saturated heterocycles. The number of hydrogen-bond acceptors (Lipinski definition) is 3. The second-order valence-electron chi connectivity index (χ2n) is 6.43. The zero-order valence-electron chi connectivity index (χ0n) is 14.7. The van der Waals surface area contributed by atoms with E-state index in [1.54, 1.807) is 49.4 Å². The van der Waals surface area contributed by atoms with Gasteiger partial charge in [-0.05, 0) is 37.6 Å². The van der Waals surface area contributed by atoms with Gasteiger partial charge >= 0.3 is 6.03 Å². The maximum absolute atomic E-state index is 12.9. The summed E-state index contributed by atoms with van der Waals surface area (Å²) in [5.74, 6) is -1.05. The number of nitrogens with one attached hydrogen (secondary N) is 2. The molecule has 2 aromatic rings. The lowest BCUT2D eigenvalue weighted by atomic mass is 9.92. The molecule has 1 aliphatic heterocycles. The Morgan fingerprint density at radius 2 is 1.89 bits per heavy atom. The van der Waals surface area contributed by atoms with E-state index >= 15 is 0 Å².